The largest absolute Gasteiger partial charge is 0.390 e. The smallest absolute Gasteiger partial charge is 0.0853 e. The molecule has 0 amide bonds. The molecule has 0 fully saturated rings. The summed E-state index contributed by atoms with van der Waals surface area (Å²) < 4.78 is 0. The molecule has 53 valence electrons. The molecule has 1 aromatic heterocycles. The maximum absolute atomic E-state index is 8.70. The Labute approximate surface area is 60.5 Å². The molecule has 0 aliphatic heterocycles. The molecule has 0 aliphatic rings. The van der Waals surface area contributed by atoms with Gasteiger partial charge in [-0.15, -0.1) is 0 Å². The maximum atomic E-state index is 8.70. The number of aromatic nitrogens is 1. The van der Waals surface area contributed by atoms with E-state index in [1.165, 1.54) is 0 Å². The highest BCUT2D eigenvalue weighted by Crippen LogP contribution is 2.03. The highest BCUT2D eigenvalue weighted by molar-refractivity contribution is 5.22. The van der Waals surface area contributed by atoms with Crippen molar-refractivity contribution in [1.29, 1.82) is 0 Å². The van der Waals surface area contributed by atoms with Crippen LogP contribution in [0.25, 0.3) is 0 Å². The van der Waals surface area contributed by atoms with E-state index in [2.05, 4.69) is 11.9 Å². The summed E-state index contributed by atoms with van der Waals surface area (Å²) in [6.07, 6.45) is 0. The molecule has 1 aromatic rings. The van der Waals surface area contributed by atoms with Crippen molar-refractivity contribution < 1.29 is 5.11 Å². The number of pyridine rings is 1. The molecule has 1 rings (SSSR count). The third kappa shape index (κ3) is 1.54. The van der Waals surface area contributed by atoms with E-state index in [4.69, 9.17) is 5.11 Å². The Morgan fingerprint density at radius 3 is 2.80 bits per heavy atom. The van der Waals surface area contributed by atoms with Gasteiger partial charge in [0, 0.05) is 5.69 Å². The van der Waals surface area contributed by atoms with Crippen LogP contribution in [0.15, 0.2) is 12.1 Å². The standard InChI is InChI=1S/C8H10NO/c1-6-3-7(2)9-8(4-6)5-10/h3-4,10H,1,5H2,2H3. The van der Waals surface area contributed by atoms with Crippen molar-refractivity contribution in [2.75, 3.05) is 0 Å². The highest BCUT2D eigenvalue weighted by atomic mass is 16.3. The van der Waals surface area contributed by atoms with E-state index < -0.39 is 0 Å². The molecule has 0 atom stereocenters. The minimum Gasteiger partial charge on any atom is -0.390 e. The van der Waals surface area contributed by atoms with Crippen LogP contribution in [0.2, 0.25) is 0 Å². The van der Waals surface area contributed by atoms with E-state index in [-0.39, 0.29) is 6.61 Å². The molecule has 0 bridgehead atoms. The van der Waals surface area contributed by atoms with Crippen LogP contribution >= 0.6 is 0 Å². The van der Waals surface area contributed by atoms with Crippen molar-refractivity contribution in [1.82, 2.24) is 4.98 Å². The van der Waals surface area contributed by atoms with Crippen molar-refractivity contribution in [2.45, 2.75) is 13.5 Å². The molecule has 2 heteroatoms. The number of hydrogen-bond donors (Lipinski definition) is 1. The van der Waals surface area contributed by atoms with Gasteiger partial charge in [-0.05, 0) is 31.5 Å². The van der Waals surface area contributed by atoms with Gasteiger partial charge in [0.2, 0.25) is 0 Å². The minimum atomic E-state index is -0.00972. The van der Waals surface area contributed by atoms with Crippen LogP contribution in [0, 0.1) is 13.8 Å². The van der Waals surface area contributed by atoms with E-state index in [9.17, 15) is 0 Å². The van der Waals surface area contributed by atoms with Crippen molar-refractivity contribution in [3.63, 3.8) is 0 Å². The van der Waals surface area contributed by atoms with Gasteiger partial charge in [0.25, 0.3) is 0 Å². The number of aryl methyl sites for hydroxylation is 1. The Hall–Kier alpha value is -0.890. The van der Waals surface area contributed by atoms with E-state index >= 15 is 0 Å². The van der Waals surface area contributed by atoms with E-state index in [0.717, 1.165) is 11.3 Å². The van der Waals surface area contributed by atoms with Gasteiger partial charge in [0.15, 0.2) is 0 Å². The molecule has 0 saturated heterocycles. The van der Waals surface area contributed by atoms with Gasteiger partial charge in [-0.25, -0.2) is 0 Å². The zero-order valence-electron chi connectivity index (χ0n) is 5.96. The first-order chi connectivity index (χ1) is 4.72. The number of hydrogen-bond acceptors (Lipinski definition) is 2. The fourth-order valence-corrected chi connectivity index (χ4v) is 0.896. The average Bonchev–Trinajstić information content (AvgIpc) is 1.85. The van der Waals surface area contributed by atoms with Crippen molar-refractivity contribution >= 4 is 0 Å². The minimum absolute atomic E-state index is 0.00972. The molecular weight excluding hydrogens is 126 g/mol. The van der Waals surface area contributed by atoms with Crippen LogP contribution in [0.4, 0.5) is 0 Å². The summed E-state index contributed by atoms with van der Waals surface area (Å²) in [5.41, 5.74) is 2.48. The number of rotatable bonds is 1. The molecule has 0 spiro atoms. The van der Waals surface area contributed by atoms with E-state index in [1.54, 1.807) is 6.07 Å². The lowest BCUT2D eigenvalue weighted by Crippen LogP contribution is -1.92. The predicted molar refractivity (Wildman–Crippen MR) is 39.4 cm³/mol. The molecule has 0 aliphatic carbocycles. The Kier molecular flexibility index (Phi) is 2.02. The third-order valence-corrected chi connectivity index (χ3v) is 1.23. The summed E-state index contributed by atoms with van der Waals surface area (Å²) in [6, 6.07) is 3.64. The molecule has 1 radical (unpaired) electrons. The lowest BCUT2D eigenvalue weighted by molar-refractivity contribution is 0.276. The van der Waals surface area contributed by atoms with Crippen LogP contribution in [0.5, 0.6) is 0 Å². The summed E-state index contributed by atoms with van der Waals surface area (Å²) >= 11 is 0. The Bertz CT molecular complexity index is 212. The van der Waals surface area contributed by atoms with Crippen LogP contribution in [0.3, 0.4) is 0 Å². The summed E-state index contributed by atoms with van der Waals surface area (Å²) in [7, 11) is 0. The molecule has 0 aromatic carbocycles. The van der Waals surface area contributed by atoms with Gasteiger partial charge >= 0.3 is 0 Å². The second-order valence-corrected chi connectivity index (χ2v) is 2.27. The fourth-order valence-electron chi connectivity index (χ4n) is 0.896. The molecule has 2 nitrogen and oxygen atoms in total. The topological polar surface area (TPSA) is 33.1 Å². The number of nitrogens with zero attached hydrogens (tertiary/aromatic N) is 1. The lowest BCUT2D eigenvalue weighted by atomic mass is 10.2. The monoisotopic (exact) mass is 136 g/mol. The van der Waals surface area contributed by atoms with Gasteiger partial charge in [0.05, 0.1) is 12.3 Å². The van der Waals surface area contributed by atoms with Crippen LogP contribution in [-0.4, -0.2) is 10.1 Å². The van der Waals surface area contributed by atoms with Gasteiger partial charge in [-0.1, -0.05) is 0 Å². The van der Waals surface area contributed by atoms with Gasteiger partial charge in [-0.2, -0.15) is 0 Å². The predicted octanol–water partition coefficient (Wildman–Crippen LogP) is 1.06. The van der Waals surface area contributed by atoms with Crippen molar-refractivity contribution in [3.05, 3.63) is 36.0 Å². The second kappa shape index (κ2) is 2.80. The Balaban J connectivity index is 3.06. The molecule has 1 heterocycles. The van der Waals surface area contributed by atoms with E-state index in [0.29, 0.717) is 5.69 Å². The van der Waals surface area contributed by atoms with E-state index in [1.807, 2.05) is 13.0 Å². The lowest BCUT2D eigenvalue weighted by Gasteiger charge is -1.98. The molecular formula is C8H10NO. The van der Waals surface area contributed by atoms with Gasteiger partial charge < -0.3 is 5.11 Å². The molecule has 0 saturated carbocycles. The highest BCUT2D eigenvalue weighted by Gasteiger charge is 1.93. The quantitative estimate of drug-likeness (QED) is 0.626. The number of aliphatic hydroxyl groups is 1. The molecule has 10 heavy (non-hydrogen) atoms. The van der Waals surface area contributed by atoms with Crippen LogP contribution in [0.1, 0.15) is 17.0 Å². The van der Waals surface area contributed by atoms with Gasteiger partial charge in [-0.3, -0.25) is 4.98 Å². The van der Waals surface area contributed by atoms with Crippen molar-refractivity contribution in [3.8, 4) is 0 Å². The second-order valence-electron chi connectivity index (χ2n) is 2.27. The first kappa shape index (κ1) is 7.22. The molecule has 1 N–H and O–H groups in total. The summed E-state index contributed by atoms with van der Waals surface area (Å²) in [5, 5.41) is 8.70. The van der Waals surface area contributed by atoms with Crippen LogP contribution < -0.4 is 0 Å². The third-order valence-electron chi connectivity index (χ3n) is 1.23. The Morgan fingerprint density at radius 1 is 1.60 bits per heavy atom. The Morgan fingerprint density at radius 2 is 2.30 bits per heavy atom. The normalized spacial score (nSPS) is 9.90. The fraction of sp³-hybridized carbons (Fsp3) is 0.250. The summed E-state index contributed by atoms with van der Waals surface area (Å²) in [6.45, 7) is 5.61. The summed E-state index contributed by atoms with van der Waals surface area (Å²) in [5.74, 6) is 0. The van der Waals surface area contributed by atoms with Crippen LogP contribution in [-0.2, 0) is 6.61 Å². The SMILES string of the molecule is [CH2]c1cc(C)nc(CO)c1. The first-order valence-electron chi connectivity index (χ1n) is 3.13. The average molecular weight is 136 g/mol. The maximum Gasteiger partial charge on any atom is 0.0853 e. The zero-order chi connectivity index (χ0) is 7.56. The summed E-state index contributed by atoms with van der Waals surface area (Å²) in [4.78, 5) is 4.06. The van der Waals surface area contributed by atoms with Gasteiger partial charge in [0.1, 0.15) is 0 Å². The zero-order valence-corrected chi connectivity index (χ0v) is 5.96. The molecule has 0 unspecified atom stereocenters. The first-order valence-corrected chi connectivity index (χ1v) is 3.13. The number of aliphatic hydroxyl groups excluding tert-OH is 1. The van der Waals surface area contributed by atoms with Crippen molar-refractivity contribution in [2.24, 2.45) is 0 Å².